The molecule has 0 spiro atoms. The van der Waals surface area contributed by atoms with Gasteiger partial charge in [0.2, 0.25) is 0 Å². The number of carbonyl (C=O) groups is 1. The lowest BCUT2D eigenvalue weighted by Gasteiger charge is -2.22. The number of methoxy groups -OCH3 is 1. The predicted molar refractivity (Wildman–Crippen MR) is 67.6 cm³/mol. The van der Waals surface area contributed by atoms with Gasteiger partial charge in [-0.1, -0.05) is 19.4 Å². The fourth-order valence-corrected chi connectivity index (χ4v) is 3.33. The van der Waals surface area contributed by atoms with Crippen molar-refractivity contribution in [2.45, 2.75) is 45.1 Å². The van der Waals surface area contributed by atoms with E-state index < -0.39 is 0 Å². The predicted octanol–water partition coefficient (Wildman–Crippen LogP) is 2.27. The largest absolute Gasteiger partial charge is 0.466 e. The molecular formula is C14H23NO2. The van der Waals surface area contributed by atoms with Gasteiger partial charge in [0, 0.05) is 18.2 Å². The van der Waals surface area contributed by atoms with Gasteiger partial charge in [0.15, 0.2) is 0 Å². The first-order chi connectivity index (χ1) is 8.24. The molecule has 3 unspecified atom stereocenters. The molecule has 0 amide bonds. The molecule has 0 radical (unpaired) electrons. The molecule has 1 N–H and O–H groups in total. The Morgan fingerprint density at radius 3 is 2.76 bits per heavy atom. The van der Waals surface area contributed by atoms with E-state index >= 15 is 0 Å². The summed E-state index contributed by atoms with van der Waals surface area (Å²) in [6, 6.07) is 0.681. The topological polar surface area (TPSA) is 38.3 Å². The first kappa shape index (κ1) is 12.6. The Kier molecular flexibility index (Phi) is 4.21. The van der Waals surface area contributed by atoms with Crippen LogP contribution in [0.5, 0.6) is 0 Å². The smallest absolute Gasteiger partial charge is 0.333 e. The quantitative estimate of drug-likeness (QED) is 0.589. The van der Waals surface area contributed by atoms with Crippen LogP contribution in [0, 0.1) is 11.8 Å². The average Bonchev–Trinajstić information content (AvgIpc) is 2.96. The molecule has 3 heteroatoms. The van der Waals surface area contributed by atoms with E-state index in [1.54, 1.807) is 0 Å². The highest BCUT2D eigenvalue weighted by molar-refractivity contribution is 5.88. The van der Waals surface area contributed by atoms with Crippen LogP contribution in [-0.2, 0) is 9.53 Å². The first-order valence-electron chi connectivity index (χ1n) is 6.75. The zero-order chi connectivity index (χ0) is 12.3. The molecule has 0 aromatic carbocycles. The minimum atomic E-state index is -0.192. The summed E-state index contributed by atoms with van der Waals surface area (Å²) in [7, 11) is 1.44. The van der Waals surface area contributed by atoms with Gasteiger partial charge in [-0.05, 0) is 37.5 Å². The average molecular weight is 237 g/mol. The van der Waals surface area contributed by atoms with E-state index in [-0.39, 0.29) is 5.97 Å². The lowest BCUT2D eigenvalue weighted by Crippen LogP contribution is -2.34. The van der Waals surface area contributed by atoms with Crippen LogP contribution in [0.1, 0.15) is 39.0 Å². The van der Waals surface area contributed by atoms with Crippen molar-refractivity contribution < 1.29 is 9.53 Å². The monoisotopic (exact) mass is 237 g/mol. The maximum Gasteiger partial charge on any atom is 0.333 e. The Morgan fingerprint density at radius 1 is 1.41 bits per heavy atom. The Bertz CT molecular complexity index is 311. The van der Waals surface area contributed by atoms with Crippen molar-refractivity contribution in [3.05, 3.63) is 11.6 Å². The van der Waals surface area contributed by atoms with Gasteiger partial charge >= 0.3 is 5.97 Å². The summed E-state index contributed by atoms with van der Waals surface area (Å²) in [6.07, 6.45) is 8.30. The minimum Gasteiger partial charge on any atom is -0.466 e. The first-order valence-corrected chi connectivity index (χ1v) is 6.75. The van der Waals surface area contributed by atoms with Crippen LogP contribution in [0.3, 0.4) is 0 Å². The molecule has 2 saturated carbocycles. The summed E-state index contributed by atoms with van der Waals surface area (Å²) < 4.78 is 4.74. The van der Waals surface area contributed by atoms with E-state index in [0.717, 1.165) is 30.4 Å². The number of carbonyl (C=O) groups excluding carboxylic acids is 1. The molecule has 2 aliphatic carbocycles. The van der Waals surface area contributed by atoms with Crippen LogP contribution >= 0.6 is 0 Å². The molecule has 0 aromatic rings. The zero-order valence-corrected chi connectivity index (χ0v) is 10.9. The lowest BCUT2D eigenvalue weighted by molar-refractivity contribution is -0.136. The van der Waals surface area contributed by atoms with Crippen LogP contribution in [0.2, 0.25) is 0 Å². The molecule has 2 aliphatic rings. The molecule has 3 nitrogen and oxygen atoms in total. The molecule has 2 fully saturated rings. The molecule has 17 heavy (non-hydrogen) atoms. The normalized spacial score (nSPS) is 31.9. The van der Waals surface area contributed by atoms with Gasteiger partial charge in [-0.2, -0.15) is 0 Å². The van der Waals surface area contributed by atoms with Crippen molar-refractivity contribution in [3.63, 3.8) is 0 Å². The second-order valence-corrected chi connectivity index (χ2v) is 5.26. The number of hydrogen-bond acceptors (Lipinski definition) is 3. The number of hydrogen-bond donors (Lipinski definition) is 1. The minimum absolute atomic E-state index is 0.192. The van der Waals surface area contributed by atoms with Gasteiger partial charge in [0.1, 0.15) is 0 Å². The SMILES string of the molecule is CCC(=CCNC1CC2CCC1C2)C(=O)OC. The van der Waals surface area contributed by atoms with E-state index in [4.69, 9.17) is 4.74 Å². The summed E-state index contributed by atoms with van der Waals surface area (Å²) in [5, 5.41) is 3.57. The number of ether oxygens (including phenoxy) is 1. The number of esters is 1. The third kappa shape index (κ3) is 2.89. The number of fused-ring (bicyclic) bond motifs is 2. The van der Waals surface area contributed by atoms with Crippen LogP contribution in [0.25, 0.3) is 0 Å². The standard InChI is InChI=1S/C14H23NO2/c1-3-11(14(16)17-2)6-7-15-13-9-10-4-5-12(13)8-10/h6,10,12-13,15H,3-5,7-9H2,1-2H3. The molecule has 0 aliphatic heterocycles. The third-order valence-corrected chi connectivity index (χ3v) is 4.30. The van der Waals surface area contributed by atoms with Crippen molar-refractivity contribution in [3.8, 4) is 0 Å². The van der Waals surface area contributed by atoms with Gasteiger partial charge in [0.05, 0.1) is 7.11 Å². The summed E-state index contributed by atoms with van der Waals surface area (Å²) >= 11 is 0. The van der Waals surface area contributed by atoms with E-state index in [0.29, 0.717) is 6.04 Å². The second-order valence-electron chi connectivity index (χ2n) is 5.26. The molecule has 0 saturated heterocycles. The second kappa shape index (κ2) is 5.67. The summed E-state index contributed by atoms with van der Waals surface area (Å²) in [5.41, 5.74) is 0.781. The zero-order valence-electron chi connectivity index (χ0n) is 10.9. The highest BCUT2D eigenvalue weighted by Gasteiger charge is 2.38. The third-order valence-electron chi connectivity index (χ3n) is 4.30. The van der Waals surface area contributed by atoms with E-state index in [2.05, 4.69) is 5.32 Å². The highest BCUT2D eigenvalue weighted by atomic mass is 16.5. The number of nitrogens with one attached hydrogen (secondary N) is 1. The fourth-order valence-electron chi connectivity index (χ4n) is 3.33. The molecule has 2 bridgehead atoms. The Morgan fingerprint density at radius 2 is 2.24 bits per heavy atom. The maximum absolute atomic E-state index is 11.4. The maximum atomic E-state index is 11.4. The van der Waals surface area contributed by atoms with E-state index in [1.165, 1.54) is 32.8 Å². The highest BCUT2D eigenvalue weighted by Crippen LogP contribution is 2.44. The summed E-state index contributed by atoms with van der Waals surface area (Å²) in [6.45, 7) is 2.78. The summed E-state index contributed by atoms with van der Waals surface area (Å²) in [4.78, 5) is 11.4. The van der Waals surface area contributed by atoms with Gasteiger partial charge in [-0.25, -0.2) is 4.79 Å². The van der Waals surface area contributed by atoms with Gasteiger partial charge in [-0.15, -0.1) is 0 Å². The molecule has 3 atom stereocenters. The Labute approximate surface area is 104 Å². The van der Waals surface area contributed by atoms with Crippen molar-refractivity contribution in [2.24, 2.45) is 11.8 Å². The Hall–Kier alpha value is -0.830. The van der Waals surface area contributed by atoms with Crippen molar-refractivity contribution in [1.82, 2.24) is 5.32 Å². The number of rotatable bonds is 5. The van der Waals surface area contributed by atoms with Gasteiger partial charge in [0.25, 0.3) is 0 Å². The Balaban J connectivity index is 1.78. The van der Waals surface area contributed by atoms with Gasteiger partial charge < -0.3 is 10.1 Å². The molecular weight excluding hydrogens is 214 g/mol. The van der Waals surface area contributed by atoms with Gasteiger partial charge in [-0.3, -0.25) is 0 Å². The van der Waals surface area contributed by atoms with Crippen molar-refractivity contribution >= 4 is 5.97 Å². The van der Waals surface area contributed by atoms with Crippen LogP contribution in [0.15, 0.2) is 11.6 Å². The van der Waals surface area contributed by atoms with E-state index in [9.17, 15) is 4.79 Å². The summed E-state index contributed by atoms with van der Waals surface area (Å²) in [5.74, 6) is 1.66. The molecule has 0 aromatic heterocycles. The molecule has 96 valence electrons. The van der Waals surface area contributed by atoms with Crippen molar-refractivity contribution in [2.75, 3.05) is 13.7 Å². The lowest BCUT2D eigenvalue weighted by atomic mass is 9.95. The van der Waals surface area contributed by atoms with E-state index in [1.807, 2.05) is 13.0 Å². The fraction of sp³-hybridized carbons (Fsp3) is 0.786. The molecule has 2 rings (SSSR count). The van der Waals surface area contributed by atoms with Crippen LogP contribution in [0.4, 0.5) is 0 Å². The van der Waals surface area contributed by atoms with Crippen LogP contribution < -0.4 is 5.32 Å². The molecule has 0 heterocycles. The van der Waals surface area contributed by atoms with Crippen LogP contribution in [-0.4, -0.2) is 25.7 Å². The van der Waals surface area contributed by atoms with Crippen molar-refractivity contribution in [1.29, 1.82) is 0 Å².